The van der Waals surface area contributed by atoms with Gasteiger partial charge in [-0.05, 0) is 42.2 Å². The lowest BCUT2D eigenvalue weighted by Gasteiger charge is -2.07. The Hall–Kier alpha value is -3.91. The maximum absolute atomic E-state index is 5.92. The zero-order valence-electron chi connectivity index (χ0n) is 17.7. The first-order chi connectivity index (χ1) is 15.2. The molecule has 0 atom stereocenters. The molecule has 0 unspecified atom stereocenters. The van der Waals surface area contributed by atoms with E-state index in [1.54, 1.807) is 6.26 Å². The van der Waals surface area contributed by atoms with Gasteiger partial charge in [0.25, 0.3) is 0 Å². The lowest BCUT2D eigenvalue weighted by molar-refractivity contribution is 0.575. The van der Waals surface area contributed by atoms with E-state index in [1.165, 1.54) is 22.3 Å². The maximum atomic E-state index is 5.92. The molecule has 31 heavy (non-hydrogen) atoms. The van der Waals surface area contributed by atoms with Gasteiger partial charge in [-0.1, -0.05) is 102 Å². The zero-order chi connectivity index (χ0) is 21.2. The van der Waals surface area contributed by atoms with Crippen LogP contribution in [0.25, 0.3) is 45.0 Å². The van der Waals surface area contributed by atoms with E-state index in [9.17, 15) is 0 Å². The summed E-state index contributed by atoms with van der Waals surface area (Å²) in [7, 11) is 0. The molecule has 0 saturated carbocycles. The number of aromatic nitrogens is 1. The van der Waals surface area contributed by atoms with Crippen molar-refractivity contribution in [3.05, 3.63) is 114 Å². The quantitative estimate of drug-likeness (QED) is 0.305. The van der Waals surface area contributed by atoms with E-state index < -0.39 is 0 Å². The highest BCUT2D eigenvalue weighted by molar-refractivity contribution is 5.81. The molecule has 0 aliphatic heterocycles. The Balaban J connectivity index is 1.48. The van der Waals surface area contributed by atoms with Gasteiger partial charge in [-0.15, -0.1) is 0 Å². The molecule has 0 amide bonds. The maximum Gasteiger partial charge on any atom is 0.227 e. The van der Waals surface area contributed by atoms with Crippen LogP contribution in [0, 0.1) is 13.8 Å². The molecule has 0 N–H and O–H groups in total. The zero-order valence-corrected chi connectivity index (χ0v) is 17.7. The third kappa shape index (κ3) is 3.93. The van der Waals surface area contributed by atoms with Crippen molar-refractivity contribution in [1.29, 1.82) is 0 Å². The van der Waals surface area contributed by atoms with Crippen LogP contribution in [-0.4, -0.2) is 4.98 Å². The molecule has 1 heterocycles. The predicted octanol–water partition coefficient (Wildman–Crippen LogP) is 7.96. The van der Waals surface area contributed by atoms with Crippen LogP contribution in [0.3, 0.4) is 0 Å². The molecule has 0 aliphatic carbocycles. The molecule has 0 radical (unpaired) electrons. The number of aryl methyl sites for hydroxylation is 2. The number of nitrogens with zero attached hydrogens (tertiary/aromatic N) is 1. The number of hydrogen-bond donors (Lipinski definition) is 0. The summed E-state index contributed by atoms with van der Waals surface area (Å²) >= 11 is 0. The molecule has 5 rings (SSSR count). The standard InChI is InChI=1S/C29H23NO/c1-20-7-5-9-24(17-20)22-13-15-23(16-14-22)28-19-31-29(30-28)27-12-4-3-11-26(27)25-10-6-8-21(2)18-25/h3-19H,1-2H3. The van der Waals surface area contributed by atoms with Crippen LogP contribution in [0.5, 0.6) is 0 Å². The van der Waals surface area contributed by atoms with Crippen LogP contribution in [0.1, 0.15) is 11.1 Å². The Bertz CT molecular complexity index is 1350. The van der Waals surface area contributed by atoms with Crippen LogP contribution in [0.2, 0.25) is 0 Å². The van der Waals surface area contributed by atoms with Gasteiger partial charge in [0.05, 0.1) is 0 Å². The van der Waals surface area contributed by atoms with Gasteiger partial charge in [0, 0.05) is 11.1 Å². The van der Waals surface area contributed by atoms with Gasteiger partial charge < -0.3 is 4.42 Å². The van der Waals surface area contributed by atoms with Crippen LogP contribution in [0.4, 0.5) is 0 Å². The normalized spacial score (nSPS) is 10.9. The Morgan fingerprint density at radius 2 is 1.16 bits per heavy atom. The average Bonchev–Trinajstić information content (AvgIpc) is 3.29. The summed E-state index contributed by atoms with van der Waals surface area (Å²) in [6.07, 6.45) is 1.74. The summed E-state index contributed by atoms with van der Waals surface area (Å²) in [4.78, 5) is 4.81. The highest BCUT2D eigenvalue weighted by Crippen LogP contribution is 2.34. The molecule has 2 heteroatoms. The molecule has 2 nitrogen and oxygen atoms in total. The summed E-state index contributed by atoms with van der Waals surface area (Å²) in [5.41, 5.74) is 10.1. The number of oxazole rings is 1. The van der Waals surface area contributed by atoms with E-state index in [-0.39, 0.29) is 0 Å². The Kier molecular flexibility index (Phi) is 4.97. The van der Waals surface area contributed by atoms with Crippen molar-refractivity contribution in [2.24, 2.45) is 0 Å². The minimum absolute atomic E-state index is 0.634. The SMILES string of the molecule is Cc1cccc(-c2ccc(-c3coc(-c4ccccc4-c4cccc(C)c4)n3)cc2)c1. The van der Waals surface area contributed by atoms with Gasteiger partial charge in [-0.25, -0.2) is 4.98 Å². The van der Waals surface area contributed by atoms with Gasteiger partial charge in [-0.2, -0.15) is 0 Å². The van der Waals surface area contributed by atoms with Crippen LogP contribution in [-0.2, 0) is 0 Å². The fourth-order valence-corrected chi connectivity index (χ4v) is 3.92. The average molecular weight is 402 g/mol. The molecule has 1 aromatic heterocycles. The topological polar surface area (TPSA) is 26.0 Å². The molecule has 0 aliphatic rings. The summed E-state index contributed by atoms with van der Waals surface area (Å²) in [6.45, 7) is 4.22. The van der Waals surface area contributed by atoms with Crippen molar-refractivity contribution in [3.63, 3.8) is 0 Å². The second-order valence-corrected chi connectivity index (χ2v) is 7.90. The minimum atomic E-state index is 0.634. The second-order valence-electron chi connectivity index (χ2n) is 7.90. The first kappa shape index (κ1) is 19.1. The first-order valence-electron chi connectivity index (χ1n) is 10.5. The lowest BCUT2D eigenvalue weighted by atomic mass is 9.98. The van der Waals surface area contributed by atoms with Gasteiger partial charge in [-0.3, -0.25) is 0 Å². The van der Waals surface area contributed by atoms with E-state index in [2.05, 4.69) is 105 Å². The van der Waals surface area contributed by atoms with Gasteiger partial charge >= 0.3 is 0 Å². The van der Waals surface area contributed by atoms with Crippen LogP contribution < -0.4 is 0 Å². The van der Waals surface area contributed by atoms with Crippen molar-refractivity contribution < 1.29 is 4.42 Å². The smallest absolute Gasteiger partial charge is 0.227 e. The summed E-state index contributed by atoms with van der Waals surface area (Å²) < 4.78 is 5.92. The monoisotopic (exact) mass is 401 g/mol. The predicted molar refractivity (Wildman–Crippen MR) is 128 cm³/mol. The summed E-state index contributed by atoms with van der Waals surface area (Å²) in [5.74, 6) is 0.634. The number of rotatable bonds is 4. The molecule has 0 fully saturated rings. The van der Waals surface area contributed by atoms with Crippen LogP contribution in [0.15, 0.2) is 108 Å². The highest BCUT2D eigenvalue weighted by Gasteiger charge is 2.13. The lowest BCUT2D eigenvalue weighted by Crippen LogP contribution is -1.86. The summed E-state index contributed by atoms with van der Waals surface area (Å²) in [5, 5.41) is 0. The van der Waals surface area contributed by atoms with E-state index in [4.69, 9.17) is 9.40 Å². The fraction of sp³-hybridized carbons (Fsp3) is 0.0690. The van der Waals surface area contributed by atoms with E-state index >= 15 is 0 Å². The van der Waals surface area contributed by atoms with Gasteiger partial charge in [0.2, 0.25) is 5.89 Å². The van der Waals surface area contributed by atoms with Crippen molar-refractivity contribution in [2.45, 2.75) is 13.8 Å². The number of hydrogen-bond acceptors (Lipinski definition) is 2. The van der Waals surface area contributed by atoms with Crippen molar-refractivity contribution in [2.75, 3.05) is 0 Å². The molecule has 4 aromatic carbocycles. The summed E-state index contributed by atoms with van der Waals surface area (Å²) in [6, 6.07) is 33.8. The molecule has 5 aromatic rings. The molecular weight excluding hydrogens is 378 g/mol. The van der Waals surface area contributed by atoms with Crippen molar-refractivity contribution >= 4 is 0 Å². The molecule has 150 valence electrons. The third-order valence-corrected chi connectivity index (χ3v) is 5.52. The Morgan fingerprint density at radius 1 is 0.548 bits per heavy atom. The molecule has 0 saturated heterocycles. The Labute approximate surface area is 182 Å². The largest absolute Gasteiger partial charge is 0.444 e. The molecular formula is C29H23NO. The van der Waals surface area contributed by atoms with Crippen LogP contribution >= 0.6 is 0 Å². The molecule has 0 bridgehead atoms. The van der Waals surface area contributed by atoms with Crippen molar-refractivity contribution in [3.8, 4) is 45.0 Å². The highest BCUT2D eigenvalue weighted by atomic mass is 16.3. The van der Waals surface area contributed by atoms with Crippen molar-refractivity contribution in [1.82, 2.24) is 4.98 Å². The van der Waals surface area contributed by atoms with Gasteiger partial charge in [0.15, 0.2) is 0 Å². The number of benzene rings is 4. The third-order valence-electron chi connectivity index (χ3n) is 5.52. The fourth-order valence-electron chi connectivity index (χ4n) is 3.92. The second kappa shape index (κ2) is 8.08. The Morgan fingerprint density at radius 3 is 1.87 bits per heavy atom. The minimum Gasteiger partial charge on any atom is -0.444 e. The van der Waals surface area contributed by atoms with E-state index in [0.29, 0.717) is 5.89 Å². The molecule has 0 spiro atoms. The van der Waals surface area contributed by atoms with Gasteiger partial charge in [0.1, 0.15) is 12.0 Å². The van der Waals surface area contributed by atoms with E-state index in [1.807, 2.05) is 6.07 Å². The van der Waals surface area contributed by atoms with E-state index in [0.717, 1.165) is 27.9 Å². The first-order valence-corrected chi connectivity index (χ1v) is 10.5.